The smallest absolute Gasteiger partial charge is 0.379 e. The summed E-state index contributed by atoms with van der Waals surface area (Å²) in [5.41, 5.74) is -2.60. The zero-order valence-electron chi connectivity index (χ0n) is 7.49. The molecule has 1 rings (SSSR count). The normalized spacial score (nSPS) is 29.8. The van der Waals surface area contributed by atoms with Crippen LogP contribution >= 0.6 is 0 Å². The fourth-order valence-electron chi connectivity index (χ4n) is 1.53. The lowest BCUT2D eigenvalue weighted by Gasteiger charge is -2.37. The summed E-state index contributed by atoms with van der Waals surface area (Å²) in [5, 5.41) is 12.0. The van der Waals surface area contributed by atoms with E-state index in [0.717, 1.165) is 19.8 Å². The number of nitrogens with one attached hydrogen (secondary N) is 1. The van der Waals surface area contributed by atoms with Gasteiger partial charge in [0, 0.05) is 6.04 Å². The number of hydrogen-bond acceptors (Lipinski definition) is 2. The third-order valence-electron chi connectivity index (χ3n) is 2.56. The molecule has 1 heterocycles. The van der Waals surface area contributed by atoms with Crippen LogP contribution in [0.25, 0.3) is 0 Å². The molecule has 0 bridgehead atoms. The molecule has 0 saturated carbocycles. The molecule has 1 fully saturated rings. The lowest BCUT2D eigenvalue weighted by molar-refractivity contribution is -0.264. The Kier molecular flexibility index (Phi) is 2.87. The van der Waals surface area contributed by atoms with Crippen LogP contribution in [0.4, 0.5) is 13.2 Å². The van der Waals surface area contributed by atoms with Crippen LogP contribution in [0.2, 0.25) is 0 Å². The Morgan fingerprint density at radius 1 is 1.31 bits per heavy atom. The van der Waals surface area contributed by atoms with E-state index in [1.165, 1.54) is 0 Å². The predicted molar refractivity (Wildman–Crippen MR) is 42.3 cm³/mol. The van der Waals surface area contributed by atoms with Gasteiger partial charge in [-0.2, -0.15) is 13.2 Å². The summed E-state index contributed by atoms with van der Waals surface area (Å²) in [4.78, 5) is 0. The highest BCUT2D eigenvalue weighted by Gasteiger charge is 2.54. The fourth-order valence-corrected chi connectivity index (χ4v) is 1.53. The van der Waals surface area contributed by atoms with E-state index in [4.69, 9.17) is 0 Å². The van der Waals surface area contributed by atoms with Crippen LogP contribution in [0.15, 0.2) is 0 Å². The molecule has 2 nitrogen and oxygen atoms in total. The number of aliphatic hydroxyl groups is 1. The van der Waals surface area contributed by atoms with Gasteiger partial charge in [0.1, 0.15) is 0 Å². The van der Waals surface area contributed by atoms with Crippen molar-refractivity contribution in [2.24, 2.45) is 0 Å². The molecular formula is C8H14F3NO. The second-order valence-electron chi connectivity index (χ2n) is 3.65. The molecule has 5 heteroatoms. The maximum Gasteiger partial charge on any atom is 0.418 e. The van der Waals surface area contributed by atoms with Gasteiger partial charge in [-0.05, 0) is 26.3 Å². The van der Waals surface area contributed by atoms with Crippen molar-refractivity contribution in [1.82, 2.24) is 5.32 Å². The van der Waals surface area contributed by atoms with E-state index in [2.05, 4.69) is 5.32 Å². The molecule has 0 spiro atoms. The van der Waals surface area contributed by atoms with Crippen molar-refractivity contribution in [3.05, 3.63) is 0 Å². The number of halogens is 3. The summed E-state index contributed by atoms with van der Waals surface area (Å²) >= 11 is 0. The van der Waals surface area contributed by atoms with Gasteiger partial charge in [-0.15, -0.1) is 0 Å². The Morgan fingerprint density at radius 2 is 1.92 bits per heavy atom. The average molecular weight is 197 g/mol. The summed E-state index contributed by atoms with van der Waals surface area (Å²) in [6.45, 7) is 1.38. The number of piperidine rings is 1. The predicted octanol–water partition coefficient (Wildman–Crippen LogP) is 1.44. The molecule has 13 heavy (non-hydrogen) atoms. The Labute approximate surface area is 75.1 Å². The van der Waals surface area contributed by atoms with Gasteiger partial charge in [-0.25, -0.2) is 0 Å². The van der Waals surface area contributed by atoms with Crippen molar-refractivity contribution >= 4 is 0 Å². The zero-order chi connectivity index (χ0) is 10.1. The quantitative estimate of drug-likeness (QED) is 0.666. The molecule has 0 aliphatic carbocycles. The first-order chi connectivity index (χ1) is 5.86. The monoisotopic (exact) mass is 197 g/mol. The minimum absolute atomic E-state index is 0.381. The van der Waals surface area contributed by atoms with Gasteiger partial charge in [0.2, 0.25) is 0 Å². The van der Waals surface area contributed by atoms with Gasteiger partial charge in [0.25, 0.3) is 0 Å². The van der Waals surface area contributed by atoms with E-state index in [-0.39, 0.29) is 0 Å². The Balaban J connectivity index is 2.67. The molecule has 0 radical (unpaired) electrons. The summed E-state index contributed by atoms with van der Waals surface area (Å²) in [5.74, 6) is 0. The van der Waals surface area contributed by atoms with E-state index in [9.17, 15) is 18.3 Å². The van der Waals surface area contributed by atoms with Crippen LogP contribution in [0.1, 0.15) is 26.2 Å². The Bertz CT molecular complexity index is 173. The van der Waals surface area contributed by atoms with Crippen molar-refractivity contribution in [1.29, 1.82) is 0 Å². The standard InChI is InChI=1S/C8H14F3NO/c1-7(13,8(9,10)11)6-4-2-3-5-12-6/h6,12-13H,2-5H2,1H3. The van der Waals surface area contributed by atoms with Gasteiger partial charge in [0.05, 0.1) is 0 Å². The lowest BCUT2D eigenvalue weighted by atomic mass is 9.89. The third kappa shape index (κ3) is 2.14. The molecular weight excluding hydrogens is 183 g/mol. The molecule has 2 N–H and O–H groups in total. The minimum atomic E-state index is -4.55. The highest BCUT2D eigenvalue weighted by molar-refractivity contribution is 4.95. The summed E-state index contributed by atoms with van der Waals surface area (Å²) in [6, 6.07) is -0.860. The average Bonchev–Trinajstić information content (AvgIpc) is 2.04. The van der Waals surface area contributed by atoms with E-state index in [1.54, 1.807) is 0 Å². The second-order valence-corrected chi connectivity index (χ2v) is 3.65. The Morgan fingerprint density at radius 3 is 2.31 bits per heavy atom. The van der Waals surface area contributed by atoms with E-state index in [0.29, 0.717) is 13.0 Å². The van der Waals surface area contributed by atoms with Gasteiger partial charge >= 0.3 is 6.18 Å². The molecule has 1 aliphatic rings. The van der Waals surface area contributed by atoms with Gasteiger partial charge in [-0.1, -0.05) is 6.42 Å². The molecule has 78 valence electrons. The fraction of sp³-hybridized carbons (Fsp3) is 1.00. The molecule has 0 amide bonds. The van der Waals surface area contributed by atoms with Crippen LogP contribution < -0.4 is 5.32 Å². The first-order valence-corrected chi connectivity index (χ1v) is 4.38. The van der Waals surface area contributed by atoms with Gasteiger partial charge in [0.15, 0.2) is 5.60 Å². The van der Waals surface area contributed by atoms with E-state index < -0.39 is 17.8 Å². The molecule has 1 saturated heterocycles. The van der Waals surface area contributed by atoms with Crippen molar-refractivity contribution < 1.29 is 18.3 Å². The molecule has 0 aromatic rings. The van der Waals surface area contributed by atoms with Gasteiger partial charge in [-0.3, -0.25) is 0 Å². The van der Waals surface area contributed by atoms with Crippen molar-refractivity contribution in [2.45, 2.75) is 44.0 Å². The second kappa shape index (κ2) is 3.46. The number of hydrogen-bond donors (Lipinski definition) is 2. The first kappa shape index (κ1) is 10.8. The maximum absolute atomic E-state index is 12.3. The van der Waals surface area contributed by atoms with Crippen LogP contribution in [-0.2, 0) is 0 Å². The van der Waals surface area contributed by atoms with Crippen molar-refractivity contribution in [3.8, 4) is 0 Å². The van der Waals surface area contributed by atoms with E-state index >= 15 is 0 Å². The first-order valence-electron chi connectivity index (χ1n) is 4.38. The van der Waals surface area contributed by atoms with E-state index in [1.807, 2.05) is 0 Å². The minimum Gasteiger partial charge on any atom is -0.379 e. The Hall–Kier alpha value is -0.290. The largest absolute Gasteiger partial charge is 0.418 e. The summed E-state index contributed by atoms with van der Waals surface area (Å²) in [7, 11) is 0. The summed E-state index contributed by atoms with van der Waals surface area (Å²) in [6.07, 6.45) is -2.55. The maximum atomic E-state index is 12.3. The highest BCUT2D eigenvalue weighted by Crippen LogP contribution is 2.35. The molecule has 0 aromatic heterocycles. The molecule has 2 unspecified atom stereocenters. The van der Waals surface area contributed by atoms with Crippen LogP contribution in [0.5, 0.6) is 0 Å². The zero-order valence-corrected chi connectivity index (χ0v) is 7.49. The topological polar surface area (TPSA) is 32.3 Å². The van der Waals surface area contributed by atoms with Crippen LogP contribution in [0, 0.1) is 0 Å². The number of alkyl halides is 3. The van der Waals surface area contributed by atoms with Gasteiger partial charge < -0.3 is 10.4 Å². The van der Waals surface area contributed by atoms with Crippen molar-refractivity contribution in [2.75, 3.05) is 6.54 Å². The molecule has 2 atom stereocenters. The van der Waals surface area contributed by atoms with Crippen LogP contribution in [-0.4, -0.2) is 29.5 Å². The summed E-state index contributed by atoms with van der Waals surface area (Å²) < 4.78 is 37.0. The molecule has 0 aromatic carbocycles. The van der Waals surface area contributed by atoms with Crippen molar-refractivity contribution in [3.63, 3.8) is 0 Å². The number of rotatable bonds is 1. The third-order valence-corrected chi connectivity index (χ3v) is 2.56. The highest BCUT2D eigenvalue weighted by atomic mass is 19.4. The lowest BCUT2D eigenvalue weighted by Crippen LogP contribution is -2.59. The van der Waals surface area contributed by atoms with Crippen LogP contribution in [0.3, 0.4) is 0 Å². The molecule has 1 aliphatic heterocycles. The SMILES string of the molecule is CC(O)(C1CCCCN1)C(F)(F)F.